The van der Waals surface area contributed by atoms with Crippen LogP contribution in [-0.2, 0) is 23.1 Å². The minimum absolute atomic E-state index is 0.169. The number of aryl methyl sites for hydroxylation is 1. The summed E-state index contributed by atoms with van der Waals surface area (Å²) >= 11 is 0. The molecular formula is C23H19N3O2S. The molecule has 6 heteroatoms. The van der Waals surface area contributed by atoms with Gasteiger partial charge in [0.15, 0.2) is 0 Å². The van der Waals surface area contributed by atoms with Crippen LogP contribution in [0.1, 0.15) is 27.8 Å². The maximum Gasteiger partial charge on any atom is 0.243 e. The van der Waals surface area contributed by atoms with E-state index in [0.29, 0.717) is 11.1 Å². The van der Waals surface area contributed by atoms with E-state index in [1.807, 2.05) is 6.92 Å². The molecule has 0 saturated carbocycles. The van der Waals surface area contributed by atoms with E-state index < -0.39 is 10.0 Å². The number of nitriles is 2. The van der Waals surface area contributed by atoms with E-state index in [1.165, 1.54) is 4.31 Å². The Bertz CT molecular complexity index is 1110. The second-order valence-corrected chi connectivity index (χ2v) is 8.64. The van der Waals surface area contributed by atoms with Crippen LogP contribution in [0.5, 0.6) is 0 Å². The normalized spacial score (nSPS) is 11.0. The van der Waals surface area contributed by atoms with E-state index >= 15 is 0 Å². The van der Waals surface area contributed by atoms with Crippen LogP contribution in [0, 0.1) is 29.6 Å². The maximum absolute atomic E-state index is 13.3. The molecular weight excluding hydrogens is 382 g/mol. The van der Waals surface area contributed by atoms with E-state index in [1.54, 1.807) is 72.8 Å². The molecule has 0 aliphatic rings. The zero-order valence-electron chi connectivity index (χ0n) is 15.9. The quantitative estimate of drug-likeness (QED) is 0.622. The van der Waals surface area contributed by atoms with Crippen LogP contribution in [0.15, 0.2) is 77.7 Å². The molecule has 0 unspecified atom stereocenters. The highest BCUT2D eigenvalue weighted by molar-refractivity contribution is 7.89. The molecule has 3 aromatic carbocycles. The highest BCUT2D eigenvalue weighted by atomic mass is 32.2. The molecule has 0 aromatic heterocycles. The Labute approximate surface area is 171 Å². The van der Waals surface area contributed by atoms with Crippen molar-refractivity contribution >= 4 is 10.0 Å². The van der Waals surface area contributed by atoms with Gasteiger partial charge in [0.05, 0.1) is 28.2 Å². The van der Waals surface area contributed by atoms with Gasteiger partial charge in [0.1, 0.15) is 0 Å². The number of sulfonamides is 1. The van der Waals surface area contributed by atoms with Gasteiger partial charge < -0.3 is 0 Å². The zero-order valence-corrected chi connectivity index (χ0v) is 16.7. The lowest BCUT2D eigenvalue weighted by Crippen LogP contribution is -2.30. The van der Waals surface area contributed by atoms with Crippen molar-refractivity contribution in [3.63, 3.8) is 0 Å². The minimum atomic E-state index is -3.74. The number of hydrogen-bond donors (Lipinski definition) is 0. The molecule has 0 bridgehead atoms. The number of hydrogen-bond acceptors (Lipinski definition) is 4. The Balaban J connectivity index is 1.96. The van der Waals surface area contributed by atoms with Gasteiger partial charge in [-0.3, -0.25) is 0 Å². The lowest BCUT2D eigenvalue weighted by molar-refractivity contribution is 0.401. The molecule has 3 rings (SSSR count). The standard InChI is InChI=1S/C23H19N3O2S/c1-18-2-12-23(13-3-18)29(27,28)26(16-21-8-4-19(14-24)5-9-21)17-22-10-6-20(15-25)7-11-22/h2-13H,16-17H2,1H3. The Kier molecular flexibility index (Phi) is 6.09. The first-order chi connectivity index (χ1) is 13.9. The van der Waals surface area contributed by atoms with E-state index in [2.05, 4.69) is 12.1 Å². The molecule has 0 heterocycles. The van der Waals surface area contributed by atoms with Crippen molar-refractivity contribution in [3.05, 3.63) is 101 Å². The SMILES string of the molecule is Cc1ccc(S(=O)(=O)N(Cc2ccc(C#N)cc2)Cc2ccc(C#N)cc2)cc1. The Morgan fingerprint density at radius 1 is 0.724 bits per heavy atom. The summed E-state index contributed by atoms with van der Waals surface area (Å²) in [6.07, 6.45) is 0. The summed E-state index contributed by atoms with van der Waals surface area (Å²) < 4.78 is 28.0. The highest BCUT2D eigenvalue weighted by Crippen LogP contribution is 2.22. The van der Waals surface area contributed by atoms with E-state index in [0.717, 1.165) is 16.7 Å². The molecule has 0 N–H and O–H groups in total. The first kappa shape index (κ1) is 20.3. The Morgan fingerprint density at radius 2 is 1.14 bits per heavy atom. The van der Waals surface area contributed by atoms with Crippen molar-refractivity contribution in [1.82, 2.24) is 4.31 Å². The molecule has 0 spiro atoms. The van der Waals surface area contributed by atoms with Crippen LogP contribution in [0.3, 0.4) is 0 Å². The van der Waals surface area contributed by atoms with Crippen LogP contribution in [0.2, 0.25) is 0 Å². The van der Waals surface area contributed by atoms with Crippen LogP contribution in [0.4, 0.5) is 0 Å². The Hall–Kier alpha value is -3.45. The third kappa shape index (κ3) is 4.89. The van der Waals surface area contributed by atoms with Crippen molar-refractivity contribution in [2.24, 2.45) is 0 Å². The second-order valence-electron chi connectivity index (χ2n) is 6.70. The largest absolute Gasteiger partial charge is 0.243 e. The van der Waals surface area contributed by atoms with Gasteiger partial charge >= 0.3 is 0 Å². The predicted octanol–water partition coefficient (Wildman–Crippen LogP) is 4.13. The van der Waals surface area contributed by atoms with Crippen LogP contribution in [0.25, 0.3) is 0 Å². The summed E-state index contributed by atoms with van der Waals surface area (Å²) in [4.78, 5) is 0.227. The molecule has 0 amide bonds. The molecule has 3 aromatic rings. The predicted molar refractivity (Wildman–Crippen MR) is 110 cm³/mol. The summed E-state index contributed by atoms with van der Waals surface area (Å²) in [5.41, 5.74) is 3.60. The fraction of sp³-hybridized carbons (Fsp3) is 0.130. The van der Waals surface area contributed by atoms with E-state index in [9.17, 15) is 8.42 Å². The smallest absolute Gasteiger partial charge is 0.207 e. The molecule has 0 aliphatic carbocycles. The molecule has 0 atom stereocenters. The molecule has 0 fully saturated rings. The number of nitrogens with zero attached hydrogens (tertiary/aromatic N) is 3. The number of benzene rings is 3. The Morgan fingerprint density at radius 3 is 1.52 bits per heavy atom. The van der Waals surface area contributed by atoms with E-state index in [4.69, 9.17) is 10.5 Å². The van der Waals surface area contributed by atoms with Gasteiger partial charge in [0.2, 0.25) is 10.0 Å². The fourth-order valence-electron chi connectivity index (χ4n) is 2.86. The van der Waals surface area contributed by atoms with Gasteiger partial charge in [-0.2, -0.15) is 14.8 Å². The van der Waals surface area contributed by atoms with Crippen molar-refractivity contribution in [3.8, 4) is 12.1 Å². The highest BCUT2D eigenvalue weighted by Gasteiger charge is 2.25. The molecule has 5 nitrogen and oxygen atoms in total. The third-order valence-electron chi connectivity index (χ3n) is 4.54. The van der Waals surface area contributed by atoms with Gasteiger partial charge in [-0.25, -0.2) is 8.42 Å². The first-order valence-electron chi connectivity index (χ1n) is 8.97. The van der Waals surface area contributed by atoms with Crippen molar-refractivity contribution < 1.29 is 8.42 Å². The third-order valence-corrected chi connectivity index (χ3v) is 6.35. The zero-order chi connectivity index (χ0) is 20.9. The van der Waals surface area contributed by atoms with Gasteiger partial charge in [-0.15, -0.1) is 0 Å². The van der Waals surface area contributed by atoms with Gasteiger partial charge in [-0.1, -0.05) is 42.0 Å². The topological polar surface area (TPSA) is 85.0 Å². The maximum atomic E-state index is 13.3. The van der Waals surface area contributed by atoms with Gasteiger partial charge in [0, 0.05) is 13.1 Å². The lowest BCUT2D eigenvalue weighted by atomic mass is 10.1. The monoisotopic (exact) mass is 401 g/mol. The summed E-state index contributed by atoms with van der Waals surface area (Å²) in [5, 5.41) is 17.9. The summed E-state index contributed by atoms with van der Waals surface area (Å²) in [7, 11) is -3.74. The van der Waals surface area contributed by atoms with Gasteiger partial charge in [-0.05, 0) is 54.4 Å². The summed E-state index contributed by atoms with van der Waals surface area (Å²) in [6, 6.07) is 24.6. The molecule has 0 radical (unpaired) electrons. The van der Waals surface area contributed by atoms with Crippen LogP contribution < -0.4 is 0 Å². The first-order valence-corrected chi connectivity index (χ1v) is 10.4. The van der Waals surface area contributed by atoms with Crippen LogP contribution in [-0.4, -0.2) is 12.7 Å². The average Bonchev–Trinajstić information content (AvgIpc) is 2.74. The van der Waals surface area contributed by atoms with Crippen molar-refractivity contribution in [2.75, 3.05) is 0 Å². The fourth-order valence-corrected chi connectivity index (χ4v) is 4.28. The minimum Gasteiger partial charge on any atom is -0.207 e. The van der Waals surface area contributed by atoms with Gasteiger partial charge in [0.25, 0.3) is 0 Å². The second kappa shape index (κ2) is 8.70. The van der Waals surface area contributed by atoms with Crippen molar-refractivity contribution in [1.29, 1.82) is 10.5 Å². The lowest BCUT2D eigenvalue weighted by Gasteiger charge is -2.23. The van der Waals surface area contributed by atoms with Crippen LogP contribution >= 0.6 is 0 Å². The molecule has 0 saturated heterocycles. The molecule has 144 valence electrons. The summed E-state index contributed by atoms with van der Waals surface area (Å²) in [5.74, 6) is 0. The van der Waals surface area contributed by atoms with E-state index in [-0.39, 0.29) is 18.0 Å². The average molecular weight is 401 g/mol. The molecule has 0 aliphatic heterocycles. The van der Waals surface area contributed by atoms with Crippen molar-refractivity contribution in [2.45, 2.75) is 24.9 Å². The number of rotatable bonds is 6. The molecule has 29 heavy (non-hydrogen) atoms. The summed E-state index contributed by atoms with van der Waals surface area (Å²) in [6.45, 7) is 2.24.